The van der Waals surface area contributed by atoms with E-state index in [1.54, 1.807) is 0 Å². The van der Waals surface area contributed by atoms with Gasteiger partial charge in [0, 0.05) is 4.47 Å². The third kappa shape index (κ3) is 2.97. The van der Waals surface area contributed by atoms with Gasteiger partial charge in [0.2, 0.25) is 0 Å². The maximum atomic E-state index is 13.2. The van der Waals surface area contributed by atoms with Crippen LogP contribution in [0.4, 0.5) is 8.78 Å². The van der Waals surface area contributed by atoms with Crippen LogP contribution in [0.25, 0.3) is 0 Å². The topological polar surface area (TPSA) is 57.5 Å². The number of hydrogen-bond donors (Lipinski definition) is 2. The van der Waals surface area contributed by atoms with Crippen LogP contribution in [-0.2, 0) is 4.79 Å². The summed E-state index contributed by atoms with van der Waals surface area (Å²) < 4.78 is 26.6. The molecule has 0 aromatic heterocycles. The molecular weight excluding hydrogens is 274 g/mol. The number of aliphatic hydroxyl groups is 1. The van der Waals surface area contributed by atoms with Crippen LogP contribution in [0.5, 0.6) is 0 Å². The fourth-order valence-electron chi connectivity index (χ4n) is 1.14. The molecule has 1 aromatic carbocycles. The Balaban J connectivity index is 3.08. The molecule has 82 valence electrons. The molecule has 2 N–H and O–H groups in total. The normalized spacial score (nSPS) is 12.5. The van der Waals surface area contributed by atoms with Crippen molar-refractivity contribution in [2.45, 2.75) is 12.5 Å². The summed E-state index contributed by atoms with van der Waals surface area (Å²) in [6.45, 7) is 0. The van der Waals surface area contributed by atoms with E-state index in [0.717, 1.165) is 12.1 Å². The summed E-state index contributed by atoms with van der Waals surface area (Å²) in [4.78, 5) is 10.3. The number of carbonyl (C=O) groups is 1. The van der Waals surface area contributed by atoms with E-state index in [2.05, 4.69) is 15.9 Å². The van der Waals surface area contributed by atoms with Gasteiger partial charge >= 0.3 is 5.97 Å². The van der Waals surface area contributed by atoms with Gasteiger partial charge < -0.3 is 10.2 Å². The molecule has 6 heteroatoms. The molecule has 1 rings (SSSR count). The highest BCUT2D eigenvalue weighted by atomic mass is 79.9. The lowest BCUT2D eigenvalue weighted by atomic mass is 10.1. The first-order valence-corrected chi connectivity index (χ1v) is 4.75. The number of carboxylic acids is 1. The lowest BCUT2D eigenvalue weighted by Crippen LogP contribution is -2.09. The average Bonchev–Trinajstić information content (AvgIpc) is 1.99. The molecule has 0 saturated heterocycles. The Morgan fingerprint density at radius 2 is 1.87 bits per heavy atom. The summed E-state index contributed by atoms with van der Waals surface area (Å²) in [7, 11) is 0. The summed E-state index contributed by atoms with van der Waals surface area (Å²) in [6.07, 6.45) is -2.43. The van der Waals surface area contributed by atoms with Gasteiger partial charge in [0.25, 0.3) is 0 Å². The molecule has 0 aliphatic heterocycles. The van der Waals surface area contributed by atoms with Crippen molar-refractivity contribution in [1.82, 2.24) is 0 Å². The van der Waals surface area contributed by atoms with Gasteiger partial charge in [-0.25, -0.2) is 8.78 Å². The van der Waals surface area contributed by atoms with Gasteiger partial charge in [-0.15, -0.1) is 0 Å². The second kappa shape index (κ2) is 4.67. The third-order valence-electron chi connectivity index (χ3n) is 1.75. The Morgan fingerprint density at radius 1 is 1.40 bits per heavy atom. The van der Waals surface area contributed by atoms with Gasteiger partial charge in [-0.05, 0) is 12.1 Å². The maximum Gasteiger partial charge on any atom is 0.306 e. The van der Waals surface area contributed by atoms with Gasteiger partial charge in [0.05, 0.1) is 18.1 Å². The Hall–Kier alpha value is -1.01. The molecule has 0 aliphatic rings. The lowest BCUT2D eigenvalue weighted by Gasteiger charge is -2.10. The van der Waals surface area contributed by atoms with Crippen LogP contribution in [-0.4, -0.2) is 16.2 Å². The molecule has 1 atom stereocenters. The molecule has 0 unspecified atom stereocenters. The van der Waals surface area contributed by atoms with Crippen LogP contribution >= 0.6 is 15.9 Å². The van der Waals surface area contributed by atoms with Crippen LogP contribution in [0.2, 0.25) is 0 Å². The highest BCUT2D eigenvalue weighted by Gasteiger charge is 2.21. The Kier molecular flexibility index (Phi) is 3.76. The smallest absolute Gasteiger partial charge is 0.306 e. The maximum absolute atomic E-state index is 13.2. The van der Waals surface area contributed by atoms with Crippen LogP contribution < -0.4 is 0 Å². The van der Waals surface area contributed by atoms with Gasteiger partial charge in [-0.1, -0.05) is 15.9 Å². The second-order valence-electron chi connectivity index (χ2n) is 2.90. The van der Waals surface area contributed by atoms with Crippen molar-refractivity contribution >= 4 is 21.9 Å². The highest BCUT2D eigenvalue weighted by Crippen LogP contribution is 2.26. The summed E-state index contributed by atoms with van der Waals surface area (Å²) in [6, 6.07) is 1.92. The zero-order valence-corrected chi connectivity index (χ0v) is 8.96. The molecule has 0 fully saturated rings. The first-order valence-electron chi connectivity index (χ1n) is 3.96. The summed E-state index contributed by atoms with van der Waals surface area (Å²) in [5, 5.41) is 17.6. The predicted molar refractivity (Wildman–Crippen MR) is 51.3 cm³/mol. The summed E-state index contributed by atoms with van der Waals surface area (Å²) in [5.41, 5.74) is -0.624. The Labute approximate surface area is 92.5 Å². The summed E-state index contributed by atoms with van der Waals surface area (Å²) in [5.74, 6) is -3.28. The average molecular weight is 281 g/mol. The van der Waals surface area contributed by atoms with Crippen molar-refractivity contribution in [1.29, 1.82) is 0 Å². The molecule has 0 heterocycles. The van der Waals surface area contributed by atoms with E-state index in [1.807, 2.05) is 0 Å². The van der Waals surface area contributed by atoms with E-state index < -0.39 is 35.7 Å². The number of aliphatic carboxylic acids is 1. The number of benzene rings is 1. The van der Waals surface area contributed by atoms with Crippen molar-refractivity contribution < 1.29 is 23.8 Å². The van der Waals surface area contributed by atoms with E-state index in [4.69, 9.17) is 5.11 Å². The largest absolute Gasteiger partial charge is 0.481 e. The molecule has 3 nitrogen and oxygen atoms in total. The van der Waals surface area contributed by atoms with E-state index >= 15 is 0 Å². The number of rotatable bonds is 3. The van der Waals surface area contributed by atoms with Crippen molar-refractivity contribution in [3.63, 3.8) is 0 Å². The van der Waals surface area contributed by atoms with E-state index in [-0.39, 0.29) is 4.47 Å². The van der Waals surface area contributed by atoms with E-state index in [9.17, 15) is 18.7 Å². The van der Waals surface area contributed by atoms with Crippen molar-refractivity contribution in [2.75, 3.05) is 0 Å². The summed E-state index contributed by atoms with van der Waals surface area (Å²) >= 11 is 2.87. The van der Waals surface area contributed by atoms with Crippen molar-refractivity contribution in [2.24, 2.45) is 0 Å². The Morgan fingerprint density at radius 3 is 2.27 bits per heavy atom. The van der Waals surface area contributed by atoms with Crippen molar-refractivity contribution in [3.05, 3.63) is 33.8 Å². The number of aliphatic hydroxyl groups excluding tert-OH is 1. The van der Waals surface area contributed by atoms with Crippen LogP contribution in [0, 0.1) is 11.6 Å². The van der Waals surface area contributed by atoms with Crippen LogP contribution in [0.3, 0.4) is 0 Å². The quantitative estimate of drug-likeness (QED) is 0.893. The number of halogens is 3. The Bertz CT molecular complexity index is 372. The van der Waals surface area contributed by atoms with Gasteiger partial charge in [0.15, 0.2) is 0 Å². The highest BCUT2D eigenvalue weighted by molar-refractivity contribution is 9.10. The minimum Gasteiger partial charge on any atom is -0.481 e. The third-order valence-corrected chi connectivity index (χ3v) is 2.20. The van der Waals surface area contributed by atoms with Crippen LogP contribution in [0.15, 0.2) is 16.6 Å². The molecule has 0 spiro atoms. The van der Waals surface area contributed by atoms with E-state index in [0.29, 0.717) is 0 Å². The minimum absolute atomic E-state index is 0.184. The number of carboxylic acid groups (broad SMARTS) is 1. The molecule has 1 aromatic rings. The molecule has 0 saturated carbocycles. The SMILES string of the molecule is O=C(O)C[C@@H](O)c1c(F)cc(Br)cc1F. The predicted octanol–water partition coefficient (Wildman–Crippen LogP) is 2.24. The van der Waals surface area contributed by atoms with E-state index in [1.165, 1.54) is 0 Å². The van der Waals surface area contributed by atoms with Crippen LogP contribution in [0.1, 0.15) is 18.1 Å². The fraction of sp³-hybridized carbons (Fsp3) is 0.222. The minimum atomic E-state index is -1.68. The standard InChI is InChI=1S/C9H7BrF2O3/c10-4-1-5(11)9(6(12)2-4)7(13)3-8(14)15/h1-2,7,13H,3H2,(H,14,15)/t7-/m1/s1. The van der Waals surface area contributed by atoms with Gasteiger partial charge in [-0.3, -0.25) is 4.79 Å². The monoisotopic (exact) mass is 280 g/mol. The van der Waals surface area contributed by atoms with Gasteiger partial charge in [0.1, 0.15) is 11.6 Å². The zero-order valence-electron chi connectivity index (χ0n) is 7.38. The van der Waals surface area contributed by atoms with Gasteiger partial charge in [-0.2, -0.15) is 0 Å². The fourth-order valence-corrected chi connectivity index (χ4v) is 1.54. The lowest BCUT2D eigenvalue weighted by molar-refractivity contribution is -0.139. The molecule has 0 radical (unpaired) electrons. The second-order valence-corrected chi connectivity index (χ2v) is 3.81. The molecule has 0 bridgehead atoms. The molecule has 0 amide bonds. The zero-order chi connectivity index (χ0) is 11.6. The molecule has 0 aliphatic carbocycles. The molecular formula is C9H7BrF2O3. The first kappa shape index (κ1) is 12.1. The number of hydrogen-bond acceptors (Lipinski definition) is 2. The van der Waals surface area contributed by atoms with Crippen molar-refractivity contribution in [3.8, 4) is 0 Å². The molecule has 15 heavy (non-hydrogen) atoms. The first-order chi connectivity index (χ1) is 6.91.